The number of piperidine rings is 1. The Labute approximate surface area is 147 Å². The number of ether oxygens (including phenoxy) is 1. The van der Waals surface area contributed by atoms with Crippen molar-refractivity contribution in [3.63, 3.8) is 0 Å². The third kappa shape index (κ3) is 3.88. The number of benzene rings is 2. The molecule has 1 saturated heterocycles. The zero-order valence-corrected chi connectivity index (χ0v) is 14.3. The van der Waals surface area contributed by atoms with Gasteiger partial charge in [0.05, 0.1) is 6.61 Å². The fraction of sp³-hybridized carbons (Fsp3) is 0.300. The predicted molar refractivity (Wildman–Crippen MR) is 96.4 cm³/mol. The highest BCUT2D eigenvalue weighted by Crippen LogP contribution is 2.21. The summed E-state index contributed by atoms with van der Waals surface area (Å²) in [5, 5.41) is 2.90. The molecule has 5 heteroatoms. The average molecular weight is 338 g/mol. The van der Waals surface area contributed by atoms with Gasteiger partial charge in [0, 0.05) is 24.9 Å². The van der Waals surface area contributed by atoms with Gasteiger partial charge >= 0.3 is 0 Å². The lowest BCUT2D eigenvalue weighted by molar-refractivity contribution is -0.121. The van der Waals surface area contributed by atoms with Crippen LogP contribution in [0.1, 0.15) is 28.8 Å². The molecule has 130 valence electrons. The highest BCUT2D eigenvalue weighted by molar-refractivity contribution is 6.03. The maximum atomic E-state index is 12.8. The van der Waals surface area contributed by atoms with Crippen LogP contribution in [0.5, 0.6) is 0 Å². The minimum absolute atomic E-state index is 0.0602. The summed E-state index contributed by atoms with van der Waals surface area (Å²) in [4.78, 5) is 27.2. The summed E-state index contributed by atoms with van der Waals surface area (Å²) in [5.41, 5.74) is 2.23. The second kappa shape index (κ2) is 7.94. The molecule has 1 atom stereocenters. The van der Waals surface area contributed by atoms with Crippen molar-refractivity contribution in [3.8, 4) is 0 Å². The number of para-hydroxylation sites is 1. The standard InChI is InChI=1S/C20H22N2O3/c1-25-14-15-8-5-6-11-17(15)19(23)21-18-12-7-13-22(20(18)24)16-9-3-2-4-10-16/h2-6,8-11,18H,7,12-14H2,1H3,(H,21,23)/t18-/m1/s1. The molecule has 0 radical (unpaired) electrons. The number of anilines is 1. The highest BCUT2D eigenvalue weighted by Gasteiger charge is 2.31. The molecule has 5 nitrogen and oxygen atoms in total. The number of rotatable bonds is 5. The molecule has 1 aliphatic heterocycles. The largest absolute Gasteiger partial charge is 0.380 e. The van der Waals surface area contributed by atoms with E-state index in [4.69, 9.17) is 4.74 Å². The van der Waals surface area contributed by atoms with E-state index in [0.717, 1.165) is 17.7 Å². The second-order valence-electron chi connectivity index (χ2n) is 6.08. The van der Waals surface area contributed by atoms with E-state index in [-0.39, 0.29) is 11.8 Å². The molecular formula is C20H22N2O3. The second-order valence-corrected chi connectivity index (χ2v) is 6.08. The van der Waals surface area contributed by atoms with Crippen molar-refractivity contribution < 1.29 is 14.3 Å². The first-order valence-corrected chi connectivity index (χ1v) is 8.45. The lowest BCUT2D eigenvalue weighted by atomic mass is 10.0. The van der Waals surface area contributed by atoms with Gasteiger partial charge in [-0.2, -0.15) is 0 Å². The zero-order chi connectivity index (χ0) is 17.6. The summed E-state index contributed by atoms with van der Waals surface area (Å²) < 4.78 is 5.15. The van der Waals surface area contributed by atoms with Crippen LogP contribution in [0.15, 0.2) is 54.6 Å². The average Bonchev–Trinajstić information content (AvgIpc) is 2.65. The third-order valence-corrected chi connectivity index (χ3v) is 4.37. The van der Waals surface area contributed by atoms with Crippen molar-refractivity contribution in [3.05, 3.63) is 65.7 Å². The Morgan fingerprint density at radius 3 is 2.64 bits per heavy atom. The van der Waals surface area contributed by atoms with Gasteiger partial charge in [0.15, 0.2) is 0 Å². The van der Waals surface area contributed by atoms with Gasteiger partial charge in [-0.3, -0.25) is 9.59 Å². The van der Waals surface area contributed by atoms with E-state index >= 15 is 0 Å². The van der Waals surface area contributed by atoms with E-state index in [9.17, 15) is 9.59 Å². The van der Waals surface area contributed by atoms with Crippen molar-refractivity contribution >= 4 is 17.5 Å². The van der Waals surface area contributed by atoms with Crippen molar-refractivity contribution in [2.75, 3.05) is 18.6 Å². The van der Waals surface area contributed by atoms with Crippen LogP contribution in [-0.4, -0.2) is 31.5 Å². The summed E-state index contributed by atoms with van der Waals surface area (Å²) in [6, 6.07) is 16.4. The molecule has 2 amide bonds. The van der Waals surface area contributed by atoms with Gasteiger partial charge < -0.3 is 15.0 Å². The molecule has 0 spiro atoms. The van der Waals surface area contributed by atoms with E-state index in [0.29, 0.717) is 25.1 Å². The Morgan fingerprint density at radius 2 is 1.88 bits per heavy atom. The van der Waals surface area contributed by atoms with E-state index < -0.39 is 6.04 Å². The van der Waals surface area contributed by atoms with Crippen LogP contribution in [0.4, 0.5) is 5.69 Å². The number of carbonyl (C=O) groups excluding carboxylic acids is 2. The number of amides is 2. The summed E-state index contributed by atoms with van der Waals surface area (Å²) in [6.07, 6.45) is 1.51. The van der Waals surface area contributed by atoms with Gasteiger partial charge in [-0.1, -0.05) is 36.4 Å². The van der Waals surface area contributed by atoms with Gasteiger partial charge in [-0.15, -0.1) is 0 Å². The highest BCUT2D eigenvalue weighted by atomic mass is 16.5. The molecule has 0 aliphatic carbocycles. The number of methoxy groups -OCH3 is 1. The van der Waals surface area contributed by atoms with Gasteiger partial charge in [0.2, 0.25) is 5.91 Å². The molecule has 1 fully saturated rings. The normalized spacial score (nSPS) is 17.4. The Balaban J connectivity index is 1.74. The molecule has 2 aromatic carbocycles. The molecule has 1 N–H and O–H groups in total. The van der Waals surface area contributed by atoms with Crippen LogP contribution < -0.4 is 10.2 Å². The van der Waals surface area contributed by atoms with Crippen LogP contribution in [0, 0.1) is 0 Å². The first kappa shape index (κ1) is 17.2. The molecule has 1 heterocycles. The Hall–Kier alpha value is -2.66. The molecule has 0 bridgehead atoms. The minimum atomic E-state index is -0.503. The van der Waals surface area contributed by atoms with Crippen molar-refractivity contribution in [2.24, 2.45) is 0 Å². The molecule has 1 aliphatic rings. The SMILES string of the molecule is COCc1ccccc1C(=O)N[C@@H]1CCCN(c2ccccc2)C1=O. The fourth-order valence-electron chi connectivity index (χ4n) is 3.13. The van der Waals surface area contributed by atoms with E-state index in [1.54, 1.807) is 18.1 Å². The van der Waals surface area contributed by atoms with Crippen LogP contribution >= 0.6 is 0 Å². The van der Waals surface area contributed by atoms with Crippen molar-refractivity contribution in [1.29, 1.82) is 0 Å². The quantitative estimate of drug-likeness (QED) is 0.912. The molecule has 0 unspecified atom stereocenters. The number of nitrogens with one attached hydrogen (secondary N) is 1. The lowest BCUT2D eigenvalue weighted by Crippen LogP contribution is -2.52. The van der Waals surface area contributed by atoms with E-state index in [2.05, 4.69) is 5.32 Å². The number of nitrogens with zero attached hydrogens (tertiary/aromatic N) is 1. The first-order valence-electron chi connectivity index (χ1n) is 8.45. The molecule has 0 aromatic heterocycles. The topological polar surface area (TPSA) is 58.6 Å². The maximum absolute atomic E-state index is 12.8. The zero-order valence-electron chi connectivity index (χ0n) is 14.3. The molecule has 0 saturated carbocycles. The van der Waals surface area contributed by atoms with E-state index in [1.807, 2.05) is 48.5 Å². The van der Waals surface area contributed by atoms with Crippen LogP contribution in [-0.2, 0) is 16.1 Å². The third-order valence-electron chi connectivity index (χ3n) is 4.37. The van der Waals surface area contributed by atoms with Crippen LogP contribution in [0.25, 0.3) is 0 Å². The summed E-state index contributed by atoms with van der Waals surface area (Å²) in [5.74, 6) is -0.295. The number of carbonyl (C=O) groups is 2. The van der Waals surface area contributed by atoms with Crippen molar-refractivity contribution in [2.45, 2.75) is 25.5 Å². The van der Waals surface area contributed by atoms with Crippen molar-refractivity contribution in [1.82, 2.24) is 5.32 Å². The number of hydrogen-bond donors (Lipinski definition) is 1. The lowest BCUT2D eigenvalue weighted by Gasteiger charge is -2.32. The maximum Gasteiger partial charge on any atom is 0.252 e. The summed E-state index contributed by atoms with van der Waals surface area (Å²) in [6.45, 7) is 1.04. The minimum Gasteiger partial charge on any atom is -0.380 e. The molecular weight excluding hydrogens is 316 g/mol. The van der Waals surface area contributed by atoms with Gasteiger partial charge in [0.25, 0.3) is 5.91 Å². The smallest absolute Gasteiger partial charge is 0.252 e. The Kier molecular flexibility index (Phi) is 5.46. The first-order chi connectivity index (χ1) is 12.2. The Bertz CT molecular complexity index is 746. The number of hydrogen-bond acceptors (Lipinski definition) is 3. The van der Waals surface area contributed by atoms with Gasteiger partial charge in [-0.25, -0.2) is 0 Å². The fourth-order valence-corrected chi connectivity index (χ4v) is 3.13. The molecule has 25 heavy (non-hydrogen) atoms. The van der Waals surface area contributed by atoms with Gasteiger partial charge in [0.1, 0.15) is 6.04 Å². The van der Waals surface area contributed by atoms with Crippen LogP contribution in [0.3, 0.4) is 0 Å². The molecule has 2 aromatic rings. The predicted octanol–water partition coefficient (Wildman–Crippen LogP) is 2.76. The van der Waals surface area contributed by atoms with Gasteiger partial charge in [-0.05, 0) is 36.6 Å². The summed E-state index contributed by atoms with van der Waals surface area (Å²) >= 11 is 0. The molecule has 3 rings (SSSR count). The monoisotopic (exact) mass is 338 g/mol. The van der Waals surface area contributed by atoms with E-state index in [1.165, 1.54) is 0 Å². The Morgan fingerprint density at radius 1 is 1.16 bits per heavy atom. The summed E-state index contributed by atoms with van der Waals surface area (Å²) in [7, 11) is 1.59. The van der Waals surface area contributed by atoms with Crippen LogP contribution in [0.2, 0.25) is 0 Å².